The first-order chi connectivity index (χ1) is 19.9. The van der Waals surface area contributed by atoms with E-state index in [1.807, 2.05) is 48.5 Å². The van der Waals surface area contributed by atoms with Crippen molar-refractivity contribution in [2.24, 2.45) is 5.73 Å². The molecule has 5 rings (SSSR count). The summed E-state index contributed by atoms with van der Waals surface area (Å²) in [6, 6.07) is 27.9. The van der Waals surface area contributed by atoms with Crippen LogP contribution in [0.15, 0.2) is 95.4 Å². The van der Waals surface area contributed by atoms with Crippen molar-refractivity contribution < 1.29 is 33.0 Å². The van der Waals surface area contributed by atoms with Gasteiger partial charge in [0, 0.05) is 31.3 Å². The van der Waals surface area contributed by atoms with Gasteiger partial charge in [0.25, 0.3) is 0 Å². The summed E-state index contributed by atoms with van der Waals surface area (Å²) in [5.41, 5.74) is 10.3. The number of rotatable bonds is 10. The molecule has 0 atom stereocenters. The Labute approximate surface area is 237 Å². The minimum absolute atomic E-state index is 0.122. The number of carbonyl (C=O) groups excluding carboxylic acids is 2. The Bertz CT molecular complexity index is 1710. The molecule has 0 bridgehead atoms. The van der Waals surface area contributed by atoms with Gasteiger partial charge >= 0.3 is 11.9 Å². The molecule has 4 aromatic carbocycles. The third-order valence-corrected chi connectivity index (χ3v) is 6.17. The van der Waals surface area contributed by atoms with E-state index in [1.54, 1.807) is 42.5 Å². The van der Waals surface area contributed by atoms with E-state index in [9.17, 15) is 9.59 Å². The van der Waals surface area contributed by atoms with Crippen LogP contribution in [0.1, 0.15) is 30.7 Å². The van der Waals surface area contributed by atoms with Crippen LogP contribution in [0.25, 0.3) is 22.1 Å². The first kappa shape index (κ1) is 27.5. The lowest BCUT2D eigenvalue weighted by atomic mass is 9.99. The van der Waals surface area contributed by atoms with Gasteiger partial charge in [0.2, 0.25) is 0 Å². The summed E-state index contributed by atoms with van der Waals surface area (Å²) in [6.07, 6.45) is 0. The van der Waals surface area contributed by atoms with Gasteiger partial charge in [-0.05, 0) is 65.2 Å². The smallest absolute Gasteiger partial charge is 0.308 e. The van der Waals surface area contributed by atoms with Crippen LogP contribution >= 0.6 is 0 Å². The molecule has 0 fully saturated rings. The zero-order chi connectivity index (χ0) is 28.8. The minimum atomic E-state index is -0.431. The first-order valence-corrected chi connectivity index (χ1v) is 13.0. The third kappa shape index (κ3) is 6.74. The number of furan rings is 1. The van der Waals surface area contributed by atoms with E-state index in [1.165, 1.54) is 13.8 Å². The molecule has 0 amide bonds. The second-order valence-corrected chi connectivity index (χ2v) is 9.34. The van der Waals surface area contributed by atoms with Crippen LogP contribution in [0.2, 0.25) is 0 Å². The number of para-hydroxylation sites is 4. The molecule has 0 unspecified atom stereocenters. The van der Waals surface area contributed by atoms with Crippen LogP contribution in [-0.2, 0) is 29.3 Å². The molecule has 1 heterocycles. The fourth-order valence-electron chi connectivity index (χ4n) is 4.43. The highest BCUT2D eigenvalue weighted by Crippen LogP contribution is 2.35. The number of benzene rings is 4. The summed E-state index contributed by atoms with van der Waals surface area (Å²) in [6.45, 7) is 3.45. The molecule has 1 aromatic heterocycles. The average molecular weight is 552 g/mol. The fraction of sp³-hybridized carbons (Fsp3) is 0.152. The largest absolute Gasteiger partial charge is 0.485 e. The van der Waals surface area contributed by atoms with Crippen LogP contribution < -0.4 is 24.7 Å². The van der Waals surface area contributed by atoms with Crippen molar-refractivity contribution in [3.8, 4) is 34.1 Å². The molecule has 0 spiro atoms. The van der Waals surface area contributed by atoms with Crippen molar-refractivity contribution in [2.75, 3.05) is 0 Å². The lowest BCUT2D eigenvalue weighted by Crippen LogP contribution is -2.04. The summed E-state index contributed by atoms with van der Waals surface area (Å²) >= 11 is 0. The average Bonchev–Trinajstić information content (AvgIpc) is 3.38. The van der Waals surface area contributed by atoms with Crippen LogP contribution in [0.5, 0.6) is 23.0 Å². The predicted octanol–water partition coefficient (Wildman–Crippen LogP) is 6.57. The topological polar surface area (TPSA) is 110 Å². The monoisotopic (exact) mass is 551 g/mol. The second kappa shape index (κ2) is 12.4. The highest BCUT2D eigenvalue weighted by molar-refractivity contribution is 5.93. The van der Waals surface area contributed by atoms with Crippen molar-refractivity contribution in [2.45, 2.75) is 33.6 Å². The first-order valence-electron chi connectivity index (χ1n) is 13.0. The zero-order valence-electron chi connectivity index (χ0n) is 22.7. The number of fused-ring (bicyclic) bond motifs is 1. The Morgan fingerprint density at radius 3 is 1.90 bits per heavy atom. The minimum Gasteiger partial charge on any atom is -0.485 e. The van der Waals surface area contributed by atoms with Gasteiger partial charge < -0.3 is 29.1 Å². The van der Waals surface area contributed by atoms with E-state index >= 15 is 0 Å². The van der Waals surface area contributed by atoms with E-state index in [0.717, 1.165) is 27.6 Å². The summed E-state index contributed by atoms with van der Waals surface area (Å²) < 4.78 is 28.9. The maximum atomic E-state index is 11.5. The molecule has 0 aliphatic carbocycles. The standard InChI is InChI=1S/C33H29NO7/c1-21(35)39-31-12-5-3-10-29(31)37-19-24-15-26-17-27(20-38-30-11-4-6-13-32(30)40-22(2)36)41-33(26)28(16-24)25-9-7-8-23(14-25)18-34/h3-17H,18-20,34H2,1-2H3. The molecule has 0 aliphatic rings. The normalized spacial score (nSPS) is 10.8. The van der Waals surface area contributed by atoms with Crippen molar-refractivity contribution in [1.29, 1.82) is 0 Å². The molecule has 8 heteroatoms. The van der Waals surface area contributed by atoms with E-state index in [-0.39, 0.29) is 13.2 Å². The summed E-state index contributed by atoms with van der Waals surface area (Å²) in [7, 11) is 0. The highest BCUT2D eigenvalue weighted by atomic mass is 16.6. The number of hydrogen-bond donors (Lipinski definition) is 1. The highest BCUT2D eigenvalue weighted by Gasteiger charge is 2.16. The van der Waals surface area contributed by atoms with Crippen molar-refractivity contribution >= 4 is 22.9 Å². The van der Waals surface area contributed by atoms with Gasteiger partial charge in [-0.15, -0.1) is 0 Å². The summed E-state index contributed by atoms with van der Waals surface area (Å²) in [5.74, 6) is 1.32. The molecule has 0 radical (unpaired) electrons. The van der Waals surface area contributed by atoms with Crippen LogP contribution in [0.4, 0.5) is 0 Å². The molecule has 0 aliphatic heterocycles. The summed E-state index contributed by atoms with van der Waals surface area (Å²) in [5, 5.41) is 0.861. The van der Waals surface area contributed by atoms with Gasteiger partial charge in [-0.25, -0.2) is 0 Å². The maximum absolute atomic E-state index is 11.5. The molecule has 2 N–H and O–H groups in total. The van der Waals surface area contributed by atoms with Crippen molar-refractivity contribution in [3.63, 3.8) is 0 Å². The van der Waals surface area contributed by atoms with E-state index in [0.29, 0.717) is 40.9 Å². The van der Waals surface area contributed by atoms with Gasteiger partial charge in [0.1, 0.15) is 24.6 Å². The molecule has 0 saturated carbocycles. The van der Waals surface area contributed by atoms with E-state index in [2.05, 4.69) is 0 Å². The molecule has 8 nitrogen and oxygen atoms in total. The molecule has 208 valence electrons. The SMILES string of the molecule is CC(=O)Oc1ccccc1OCc1cc(-c2cccc(CN)c2)c2oc(COc3ccccc3OC(C)=O)cc2c1. The van der Waals surface area contributed by atoms with Gasteiger partial charge in [-0.1, -0.05) is 42.5 Å². The lowest BCUT2D eigenvalue weighted by Gasteiger charge is -2.12. The number of carbonyl (C=O) groups is 2. The summed E-state index contributed by atoms with van der Waals surface area (Å²) in [4.78, 5) is 23.0. The zero-order valence-corrected chi connectivity index (χ0v) is 22.7. The second-order valence-electron chi connectivity index (χ2n) is 9.34. The fourth-order valence-corrected chi connectivity index (χ4v) is 4.43. The van der Waals surface area contributed by atoms with Gasteiger partial charge in [-0.2, -0.15) is 0 Å². The molecule has 41 heavy (non-hydrogen) atoms. The molecular formula is C33H29NO7. The molecule has 0 saturated heterocycles. The lowest BCUT2D eigenvalue weighted by molar-refractivity contribution is -0.133. The van der Waals surface area contributed by atoms with Crippen LogP contribution in [-0.4, -0.2) is 11.9 Å². The van der Waals surface area contributed by atoms with Gasteiger partial charge in [-0.3, -0.25) is 9.59 Å². The molecule has 5 aromatic rings. The predicted molar refractivity (Wildman–Crippen MR) is 154 cm³/mol. The van der Waals surface area contributed by atoms with Gasteiger partial charge in [0.05, 0.1) is 0 Å². The Morgan fingerprint density at radius 2 is 1.29 bits per heavy atom. The van der Waals surface area contributed by atoms with E-state index < -0.39 is 11.9 Å². The number of hydrogen-bond acceptors (Lipinski definition) is 8. The van der Waals surface area contributed by atoms with Crippen LogP contribution in [0.3, 0.4) is 0 Å². The van der Waals surface area contributed by atoms with Crippen molar-refractivity contribution in [1.82, 2.24) is 0 Å². The maximum Gasteiger partial charge on any atom is 0.308 e. The van der Waals surface area contributed by atoms with Gasteiger partial charge in [0.15, 0.2) is 23.0 Å². The third-order valence-electron chi connectivity index (χ3n) is 6.17. The Morgan fingerprint density at radius 1 is 0.683 bits per heavy atom. The molecular weight excluding hydrogens is 522 g/mol. The number of nitrogens with two attached hydrogens (primary N) is 1. The number of ether oxygens (including phenoxy) is 4. The Hall–Kier alpha value is -5.08. The van der Waals surface area contributed by atoms with E-state index in [4.69, 9.17) is 29.1 Å². The van der Waals surface area contributed by atoms with Crippen LogP contribution in [0, 0.1) is 0 Å². The Kier molecular flexibility index (Phi) is 8.31. The quantitative estimate of drug-likeness (QED) is 0.153. The number of esters is 2. The Balaban J connectivity index is 1.47. The van der Waals surface area contributed by atoms with Crippen molar-refractivity contribution in [3.05, 3.63) is 108 Å².